The van der Waals surface area contributed by atoms with Crippen molar-refractivity contribution in [3.05, 3.63) is 16.5 Å². The van der Waals surface area contributed by atoms with Crippen molar-refractivity contribution in [1.82, 2.24) is 5.32 Å². The Morgan fingerprint density at radius 3 is 2.72 bits per heavy atom. The van der Waals surface area contributed by atoms with Crippen molar-refractivity contribution >= 4 is 40.1 Å². The summed E-state index contributed by atoms with van der Waals surface area (Å²) in [4.78, 5) is 50.3. The highest BCUT2D eigenvalue weighted by atomic mass is 32.1. The molecule has 29 heavy (non-hydrogen) atoms. The minimum absolute atomic E-state index is 0.00768. The molecule has 0 bridgehead atoms. The van der Waals surface area contributed by atoms with Gasteiger partial charge in [-0.15, -0.1) is 11.3 Å². The Kier molecular flexibility index (Phi) is 8.15. The molecule has 2 heterocycles. The smallest absolute Gasteiger partial charge is 0.341 e. The number of carbonyl (C=O) groups is 4. The Balaban J connectivity index is 2.13. The maximum atomic E-state index is 12.7. The molecule has 10 heteroatoms. The Morgan fingerprint density at radius 2 is 2.10 bits per heavy atom. The largest absolute Gasteiger partial charge is 0.469 e. The molecule has 1 fully saturated rings. The molecule has 1 saturated heterocycles. The second-order valence-electron chi connectivity index (χ2n) is 7.02. The number of rotatable bonds is 8. The first-order valence-electron chi connectivity index (χ1n) is 9.56. The molecule has 9 nitrogen and oxygen atoms in total. The molecule has 0 spiro atoms. The first-order chi connectivity index (χ1) is 13.8. The van der Waals surface area contributed by atoms with Crippen molar-refractivity contribution in [2.75, 3.05) is 38.7 Å². The number of thiophene rings is 1. The lowest BCUT2D eigenvalue weighted by molar-refractivity contribution is -0.909. The van der Waals surface area contributed by atoms with E-state index in [0.29, 0.717) is 28.6 Å². The molecule has 1 aliphatic rings. The number of esters is 2. The van der Waals surface area contributed by atoms with Gasteiger partial charge in [0.1, 0.15) is 11.4 Å². The zero-order valence-corrected chi connectivity index (χ0v) is 17.9. The van der Waals surface area contributed by atoms with E-state index in [1.165, 1.54) is 18.4 Å². The van der Waals surface area contributed by atoms with Gasteiger partial charge in [0.05, 0.1) is 32.4 Å². The quantitative estimate of drug-likeness (QED) is 0.502. The molecule has 2 atom stereocenters. The molecule has 3 N–H and O–H groups in total. The van der Waals surface area contributed by atoms with Gasteiger partial charge in [-0.1, -0.05) is 13.8 Å². The summed E-state index contributed by atoms with van der Waals surface area (Å²) >= 11 is 1.33. The first-order valence-corrected chi connectivity index (χ1v) is 10.4. The average molecular weight is 427 g/mol. The van der Waals surface area contributed by atoms with Crippen LogP contribution >= 0.6 is 11.3 Å². The zero-order valence-electron chi connectivity index (χ0n) is 17.1. The molecule has 0 saturated carbocycles. The van der Waals surface area contributed by atoms with Crippen LogP contribution in [0, 0.1) is 0 Å². The number of anilines is 1. The van der Waals surface area contributed by atoms with Crippen LogP contribution in [0.4, 0.5) is 5.00 Å². The zero-order chi connectivity index (χ0) is 21.6. The van der Waals surface area contributed by atoms with Gasteiger partial charge < -0.3 is 25.0 Å². The summed E-state index contributed by atoms with van der Waals surface area (Å²) in [6.07, 6.45) is -0.102. The van der Waals surface area contributed by atoms with Gasteiger partial charge in [-0.3, -0.25) is 14.4 Å². The van der Waals surface area contributed by atoms with E-state index in [1.807, 2.05) is 13.8 Å². The fourth-order valence-corrected chi connectivity index (χ4v) is 4.12. The molecule has 1 aliphatic heterocycles. The molecule has 0 radical (unpaired) electrons. The predicted octanol–water partition coefficient (Wildman–Crippen LogP) is -0.0669. The third kappa shape index (κ3) is 6.01. The van der Waals surface area contributed by atoms with E-state index in [9.17, 15) is 19.2 Å². The molecule has 1 aromatic heterocycles. The summed E-state index contributed by atoms with van der Waals surface area (Å²) < 4.78 is 9.75. The number of nitrogens with one attached hydrogen (secondary N) is 3. The number of hydrogen-bond donors (Lipinski definition) is 3. The van der Waals surface area contributed by atoms with Crippen LogP contribution in [0.1, 0.15) is 48.3 Å². The molecule has 0 aromatic carbocycles. The predicted molar refractivity (Wildman–Crippen MR) is 107 cm³/mol. The molecule has 0 aliphatic carbocycles. The van der Waals surface area contributed by atoms with Gasteiger partial charge in [0.15, 0.2) is 12.6 Å². The average Bonchev–Trinajstić information content (AvgIpc) is 3.08. The fourth-order valence-electron chi connectivity index (χ4n) is 3.05. The number of methoxy groups -OCH3 is 1. The topological polar surface area (TPSA) is 115 Å². The van der Waals surface area contributed by atoms with Gasteiger partial charge >= 0.3 is 11.9 Å². The minimum atomic E-state index is -0.693. The van der Waals surface area contributed by atoms with Crippen LogP contribution in [0.5, 0.6) is 0 Å². The molecular formula is C19H28N3O6S+. The SMILES string of the molecule is CCOC(=O)c1cc(C(C)C)sc1NC(=O)C[NH+]1CCNC(=O)[C@@H]1CC(=O)OC. The molecular weight excluding hydrogens is 398 g/mol. The number of hydrogen-bond acceptors (Lipinski definition) is 7. The van der Waals surface area contributed by atoms with Crippen molar-refractivity contribution in [3.8, 4) is 0 Å². The van der Waals surface area contributed by atoms with Crippen LogP contribution in [0.2, 0.25) is 0 Å². The Hall–Kier alpha value is -2.46. The lowest BCUT2D eigenvalue weighted by Crippen LogP contribution is -3.20. The summed E-state index contributed by atoms with van der Waals surface area (Å²) in [5, 5.41) is 5.93. The molecule has 2 rings (SSSR count). The van der Waals surface area contributed by atoms with Gasteiger partial charge in [-0.25, -0.2) is 4.79 Å². The van der Waals surface area contributed by atoms with Crippen LogP contribution < -0.4 is 15.5 Å². The highest BCUT2D eigenvalue weighted by Gasteiger charge is 2.37. The number of carbonyl (C=O) groups excluding carboxylic acids is 4. The van der Waals surface area contributed by atoms with Gasteiger partial charge in [0.2, 0.25) is 0 Å². The van der Waals surface area contributed by atoms with E-state index in [1.54, 1.807) is 13.0 Å². The van der Waals surface area contributed by atoms with Crippen molar-refractivity contribution < 1.29 is 33.6 Å². The van der Waals surface area contributed by atoms with Crippen LogP contribution in [0.25, 0.3) is 0 Å². The van der Waals surface area contributed by atoms with Crippen LogP contribution in [-0.4, -0.2) is 63.1 Å². The summed E-state index contributed by atoms with van der Waals surface area (Å²) in [5.41, 5.74) is 0.325. The highest BCUT2D eigenvalue weighted by Crippen LogP contribution is 2.33. The summed E-state index contributed by atoms with van der Waals surface area (Å²) in [6, 6.07) is 1.05. The van der Waals surface area contributed by atoms with Crippen LogP contribution in [0.3, 0.4) is 0 Å². The lowest BCUT2D eigenvalue weighted by Gasteiger charge is -2.30. The van der Waals surface area contributed by atoms with Crippen molar-refractivity contribution in [1.29, 1.82) is 0 Å². The molecule has 2 amide bonds. The Morgan fingerprint density at radius 1 is 1.38 bits per heavy atom. The minimum Gasteiger partial charge on any atom is -0.469 e. The summed E-state index contributed by atoms with van der Waals surface area (Å²) in [5.74, 6) is -1.42. The lowest BCUT2D eigenvalue weighted by atomic mass is 10.1. The first kappa shape index (κ1) is 22.8. The maximum absolute atomic E-state index is 12.7. The van der Waals surface area contributed by atoms with Crippen molar-refractivity contribution in [2.24, 2.45) is 0 Å². The number of ether oxygens (including phenoxy) is 2. The molecule has 160 valence electrons. The monoisotopic (exact) mass is 426 g/mol. The standard InChI is InChI=1S/C19H27N3O6S/c1-5-28-19(26)12-8-14(11(2)3)29-18(12)21-15(23)10-22-7-6-20-17(25)13(22)9-16(24)27-4/h8,11,13H,5-7,9-10H2,1-4H3,(H,20,25)(H,21,23)/p+1/t13-/m0/s1. The highest BCUT2D eigenvalue weighted by molar-refractivity contribution is 7.16. The fraction of sp³-hybridized carbons (Fsp3) is 0.579. The van der Waals surface area contributed by atoms with E-state index in [-0.39, 0.29) is 37.3 Å². The number of quaternary nitrogens is 1. The molecule has 1 aromatic rings. The number of amides is 2. The third-order valence-corrected chi connectivity index (χ3v) is 5.96. The van der Waals surface area contributed by atoms with Gasteiger partial charge in [0.25, 0.3) is 11.8 Å². The summed E-state index contributed by atoms with van der Waals surface area (Å²) in [6.45, 7) is 6.88. The van der Waals surface area contributed by atoms with E-state index in [0.717, 1.165) is 4.88 Å². The van der Waals surface area contributed by atoms with E-state index in [2.05, 4.69) is 15.4 Å². The maximum Gasteiger partial charge on any atom is 0.341 e. The Labute approximate surface area is 173 Å². The van der Waals surface area contributed by atoms with E-state index >= 15 is 0 Å². The van der Waals surface area contributed by atoms with Crippen LogP contribution in [0.15, 0.2) is 6.07 Å². The second kappa shape index (κ2) is 10.4. The summed E-state index contributed by atoms with van der Waals surface area (Å²) in [7, 11) is 1.26. The van der Waals surface area contributed by atoms with Crippen molar-refractivity contribution in [2.45, 2.75) is 39.2 Å². The Bertz CT molecular complexity index is 776. The van der Waals surface area contributed by atoms with Gasteiger partial charge in [0, 0.05) is 4.88 Å². The van der Waals surface area contributed by atoms with Crippen LogP contribution in [-0.2, 0) is 23.9 Å². The van der Waals surface area contributed by atoms with Gasteiger partial charge in [-0.2, -0.15) is 0 Å². The van der Waals surface area contributed by atoms with E-state index in [4.69, 9.17) is 4.74 Å². The van der Waals surface area contributed by atoms with Gasteiger partial charge in [-0.05, 0) is 18.9 Å². The van der Waals surface area contributed by atoms with E-state index < -0.39 is 18.0 Å². The second-order valence-corrected chi connectivity index (χ2v) is 8.11. The normalized spacial score (nSPS) is 18.9. The van der Waals surface area contributed by atoms with Crippen molar-refractivity contribution in [3.63, 3.8) is 0 Å². The molecule has 1 unspecified atom stereocenters. The third-order valence-electron chi connectivity index (χ3n) is 4.61. The number of piperazine rings is 1.